The third-order valence-corrected chi connectivity index (χ3v) is 3.41. The number of thiocarbonyl (C=S) groups is 1. The Morgan fingerprint density at radius 3 is 2.74 bits per heavy atom. The SMILES string of the molecule is Cc1c(/C=C2/NC(=S)N(CC(C)C)C2=O)cnn1C. The molecule has 0 atom stereocenters. The second kappa shape index (κ2) is 5.13. The van der Waals surface area contributed by atoms with E-state index in [2.05, 4.69) is 24.3 Å². The summed E-state index contributed by atoms with van der Waals surface area (Å²) in [5, 5.41) is 7.61. The quantitative estimate of drug-likeness (QED) is 0.671. The predicted molar refractivity (Wildman–Crippen MR) is 78.2 cm³/mol. The molecular formula is C13H18N4OS. The van der Waals surface area contributed by atoms with Gasteiger partial charge in [-0.2, -0.15) is 5.10 Å². The third-order valence-electron chi connectivity index (χ3n) is 3.08. The lowest BCUT2D eigenvalue weighted by Crippen LogP contribution is -2.33. The van der Waals surface area contributed by atoms with Crippen LogP contribution >= 0.6 is 12.2 Å². The molecule has 1 aromatic rings. The first-order chi connectivity index (χ1) is 8.90. The van der Waals surface area contributed by atoms with E-state index in [1.54, 1.807) is 21.9 Å². The normalized spacial score (nSPS) is 17.7. The van der Waals surface area contributed by atoms with Crippen LogP contribution in [0, 0.1) is 12.8 Å². The van der Waals surface area contributed by atoms with Crippen LogP contribution in [-0.4, -0.2) is 32.2 Å². The van der Waals surface area contributed by atoms with Gasteiger partial charge in [-0.1, -0.05) is 13.8 Å². The van der Waals surface area contributed by atoms with Gasteiger partial charge >= 0.3 is 0 Å². The molecule has 1 N–H and O–H groups in total. The van der Waals surface area contributed by atoms with Gasteiger partial charge in [-0.25, -0.2) is 0 Å². The summed E-state index contributed by atoms with van der Waals surface area (Å²) in [5.74, 6) is 0.310. The van der Waals surface area contributed by atoms with Crippen molar-refractivity contribution in [3.8, 4) is 0 Å². The van der Waals surface area contributed by atoms with E-state index >= 15 is 0 Å². The van der Waals surface area contributed by atoms with Crippen LogP contribution in [0.2, 0.25) is 0 Å². The minimum absolute atomic E-state index is 0.0676. The maximum absolute atomic E-state index is 12.3. The molecule has 6 heteroatoms. The topological polar surface area (TPSA) is 50.2 Å². The van der Waals surface area contributed by atoms with Crippen LogP contribution in [0.3, 0.4) is 0 Å². The lowest BCUT2D eigenvalue weighted by Gasteiger charge is -2.15. The Labute approximate surface area is 118 Å². The average Bonchev–Trinajstić information content (AvgIpc) is 2.77. The molecule has 1 aromatic heterocycles. The highest BCUT2D eigenvalue weighted by molar-refractivity contribution is 7.80. The smallest absolute Gasteiger partial charge is 0.276 e. The van der Waals surface area contributed by atoms with Gasteiger partial charge in [0.15, 0.2) is 5.11 Å². The molecule has 102 valence electrons. The van der Waals surface area contributed by atoms with E-state index in [0.29, 0.717) is 23.3 Å². The first kappa shape index (κ1) is 13.7. The van der Waals surface area contributed by atoms with E-state index < -0.39 is 0 Å². The van der Waals surface area contributed by atoms with Crippen LogP contribution < -0.4 is 5.32 Å². The van der Waals surface area contributed by atoms with Crippen molar-refractivity contribution in [2.45, 2.75) is 20.8 Å². The molecule has 0 aliphatic carbocycles. The van der Waals surface area contributed by atoms with Crippen molar-refractivity contribution < 1.29 is 4.79 Å². The molecule has 0 aromatic carbocycles. The van der Waals surface area contributed by atoms with Gasteiger partial charge in [0.25, 0.3) is 5.91 Å². The van der Waals surface area contributed by atoms with E-state index in [1.807, 2.05) is 14.0 Å². The van der Waals surface area contributed by atoms with Gasteiger partial charge in [-0.05, 0) is 31.1 Å². The van der Waals surface area contributed by atoms with Crippen molar-refractivity contribution in [1.29, 1.82) is 0 Å². The number of hydrogen-bond acceptors (Lipinski definition) is 3. The fourth-order valence-electron chi connectivity index (χ4n) is 1.92. The van der Waals surface area contributed by atoms with E-state index in [1.165, 1.54) is 0 Å². The molecule has 0 bridgehead atoms. The number of carbonyl (C=O) groups excluding carboxylic acids is 1. The summed E-state index contributed by atoms with van der Waals surface area (Å²) < 4.78 is 1.77. The number of hydrogen-bond donors (Lipinski definition) is 1. The maximum atomic E-state index is 12.3. The van der Waals surface area contributed by atoms with E-state index in [4.69, 9.17) is 12.2 Å². The van der Waals surface area contributed by atoms with Gasteiger partial charge in [0.2, 0.25) is 0 Å². The highest BCUT2D eigenvalue weighted by Crippen LogP contribution is 2.17. The zero-order valence-corrected chi connectivity index (χ0v) is 12.4. The number of nitrogens with zero attached hydrogens (tertiary/aromatic N) is 3. The van der Waals surface area contributed by atoms with E-state index in [0.717, 1.165) is 11.3 Å². The number of rotatable bonds is 3. The van der Waals surface area contributed by atoms with Crippen LogP contribution in [0.1, 0.15) is 25.1 Å². The highest BCUT2D eigenvalue weighted by Gasteiger charge is 2.30. The molecule has 1 saturated heterocycles. The number of amides is 1. The lowest BCUT2D eigenvalue weighted by molar-refractivity contribution is -0.122. The fourth-order valence-corrected chi connectivity index (χ4v) is 2.18. The Kier molecular flexibility index (Phi) is 3.71. The standard InChI is InChI=1S/C13H18N4OS/c1-8(2)7-17-12(18)11(15-13(17)19)5-10-6-14-16(4)9(10)3/h5-6,8H,7H2,1-4H3,(H,15,19)/b11-5+. The van der Waals surface area contributed by atoms with E-state index in [9.17, 15) is 4.79 Å². The Balaban J connectivity index is 2.26. The van der Waals surface area contributed by atoms with Crippen molar-refractivity contribution in [3.63, 3.8) is 0 Å². The summed E-state index contributed by atoms with van der Waals surface area (Å²) in [4.78, 5) is 13.9. The monoisotopic (exact) mass is 278 g/mol. The summed E-state index contributed by atoms with van der Waals surface area (Å²) >= 11 is 5.20. The first-order valence-corrected chi connectivity index (χ1v) is 6.64. The predicted octanol–water partition coefficient (Wildman–Crippen LogP) is 1.44. The van der Waals surface area contributed by atoms with Crippen LogP contribution in [0.4, 0.5) is 0 Å². The van der Waals surface area contributed by atoms with Gasteiger partial charge in [0, 0.05) is 24.8 Å². The molecule has 2 heterocycles. The van der Waals surface area contributed by atoms with Crippen molar-refractivity contribution in [2.75, 3.05) is 6.54 Å². The van der Waals surface area contributed by atoms with Gasteiger partial charge < -0.3 is 5.32 Å². The summed E-state index contributed by atoms with van der Waals surface area (Å²) in [6.45, 7) is 6.71. The average molecular weight is 278 g/mol. The second-order valence-corrected chi connectivity index (χ2v) is 5.49. The Morgan fingerprint density at radius 1 is 1.53 bits per heavy atom. The number of nitrogens with one attached hydrogen (secondary N) is 1. The van der Waals surface area contributed by atoms with Gasteiger partial charge in [0.05, 0.1) is 6.20 Å². The molecule has 1 fully saturated rings. The summed E-state index contributed by atoms with van der Waals surface area (Å²) in [7, 11) is 1.87. The number of carbonyl (C=O) groups is 1. The minimum Gasteiger partial charge on any atom is -0.328 e. The maximum Gasteiger partial charge on any atom is 0.276 e. The molecular weight excluding hydrogens is 260 g/mol. The molecule has 0 radical (unpaired) electrons. The Bertz CT molecular complexity index is 559. The molecule has 1 amide bonds. The van der Waals surface area contributed by atoms with Crippen molar-refractivity contribution in [2.24, 2.45) is 13.0 Å². The molecule has 1 aliphatic rings. The van der Waals surface area contributed by atoms with Gasteiger partial charge in [-0.3, -0.25) is 14.4 Å². The van der Waals surface area contributed by atoms with Crippen molar-refractivity contribution >= 4 is 29.3 Å². The molecule has 2 rings (SSSR count). The summed E-state index contributed by atoms with van der Waals surface area (Å²) in [6, 6.07) is 0. The number of aromatic nitrogens is 2. The summed E-state index contributed by atoms with van der Waals surface area (Å²) in [6.07, 6.45) is 3.54. The second-order valence-electron chi connectivity index (χ2n) is 5.11. The zero-order valence-electron chi connectivity index (χ0n) is 11.6. The molecule has 19 heavy (non-hydrogen) atoms. The fraction of sp³-hybridized carbons (Fsp3) is 0.462. The van der Waals surface area contributed by atoms with Gasteiger partial charge in [0.1, 0.15) is 5.70 Å². The Morgan fingerprint density at radius 2 is 2.21 bits per heavy atom. The zero-order chi connectivity index (χ0) is 14.2. The molecule has 1 aliphatic heterocycles. The summed E-state index contributed by atoms with van der Waals surface area (Å²) in [5.41, 5.74) is 2.45. The Hall–Kier alpha value is -1.69. The van der Waals surface area contributed by atoms with E-state index in [-0.39, 0.29) is 5.91 Å². The van der Waals surface area contributed by atoms with Crippen LogP contribution in [0.25, 0.3) is 6.08 Å². The van der Waals surface area contributed by atoms with Crippen LogP contribution in [-0.2, 0) is 11.8 Å². The minimum atomic E-state index is -0.0676. The van der Waals surface area contributed by atoms with Crippen LogP contribution in [0.5, 0.6) is 0 Å². The molecule has 5 nitrogen and oxygen atoms in total. The largest absolute Gasteiger partial charge is 0.328 e. The first-order valence-electron chi connectivity index (χ1n) is 6.23. The van der Waals surface area contributed by atoms with Crippen molar-refractivity contribution in [1.82, 2.24) is 20.0 Å². The highest BCUT2D eigenvalue weighted by atomic mass is 32.1. The molecule has 0 saturated carbocycles. The van der Waals surface area contributed by atoms with Crippen LogP contribution in [0.15, 0.2) is 11.9 Å². The molecule has 0 unspecified atom stereocenters. The van der Waals surface area contributed by atoms with Crippen molar-refractivity contribution in [3.05, 3.63) is 23.2 Å². The van der Waals surface area contributed by atoms with Gasteiger partial charge in [-0.15, -0.1) is 0 Å². The molecule has 0 spiro atoms. The number of aryl methyl sites for hydroxylation is 1. The lowest BCUT2D eigenvalue weighted by atomic mass is 10.2. The third kappa shape index (κ3) is 2.68.